The van der Waals surface area contributed by atoms with Crippen LogP contribution in [0.5, 0.6) is 11.5 Å². The Labute approximate surface area is 389 Å². The molecule has 0 bridgehead atoms. The van der Waals surface area contributed by atoms with Gasteiger partial charge < -0.3 is 33.7 Å². The number of benzene rings is 4. The molecule has 7 atom stereocenters. The lowest BCUT2D eigenvalue weighted by Gasteiger charge is -2.59. The topological polar surface area (TPSA) is 161 Å². The molecule has 4 aliphatic rings. The number of nitroso groups, excluding NO2 is 1. The number of hydrogen-bond donors (Lipinski definition) is 1. The summed E-state index contributed by atoms with van der Waals surface area (Å²) in [5, 5.41) is 15.4. The fourth-order valence-electron chi connectivity index (χ4n) is 9.11. The number of hydrogen-bond acceptors (Lipinski definition) is 11. The van der Waals surface area contributed by atoms with Crippen LogP contribution in [0.1, 0.15) is 108 Å². The van der Waals surface area contributed by atoms with Gasteiger partial charge >= 0.3 is 5.97 Å². The van der Waals surface area contributed by atoms with Crippen LogP contribution in [0, 0.1) is 4.91 Å². The van der Waals surface area contributed by atoms with Crippen LogP contribution in [0.2, 0.25) is 0 Å². The molecule has 4 aromatic carbocycles. The summed E-state index contributed by atoms with van der Waals surface area (Å²) < 4.78 is 29.1. The molecule has 4 aliphatic heterocycles. The maximum absolute atomic E-state index is 14.0. The lowest BCUT2D eigenvalue weighted by atomic mass is 9.89. The van der Waals surface area contributed by atoms with Crippen molar-refractivity contribution in [1.29, 1.82) is 0 Å². The Bertz CT molecular complexity index is 2210. The van der Waals surface area contributed by atoms with Crippen molar-refractivity contribution in [3.8, 4) is 11.5 Å². The number of thioether (sulfide) groups is 1. The summed E-state index contributed by atoms with van der Waals surface area (Å²) in [7, 11) is 0. The van der Waals surface area contributed by atoms with Crippen LogP contribution < -0.4 is 9.47 Å². The molecular weight excluding hydrogens is 865 g/mol. The molecule has 0 spiro atoms. The minimum atomic E-state index is -1.59. The van der Waals surface area contributed by atoms with Gasteiger partial charge in [-0.05, 0) is 74.9 Å². The van der Waals surface area contributed by atoms with Gasteiger partial charge in [0.1, 0.15) is 33.7 Å². The standard InChI is InChI=1S/C32H32N4O6S.C18H28O3S/c1-31(2)35(28(38)23(36(31)33-41)20-13-7-4-8-14-20)24-27(37)34-26(32(3,40)19-43-29(24)34)30(39)42-25(21-15-9-5-10-16-21)22-17-11-6-12-18-22;1-3-4-5-6-7-8-11-22(19)15(2)12-16-9-10-17-18(13-16)21-14-20-17/h4-18,23-26,29,40H,19H2,1-3H3;9-10,13,15H,3-8,11-12,14H2,1-2H3/t23?,24?,26?,29-,32?;/m1./s1. The smallest absolute Gasteiger partial charge is 0.332 e. The monoisotopic (exact) mass is 924 g/mol. The summed E-state index contributed by atoms with van der Waals surface area (Å²) in [6.07, 6.45) is 7.56. The van der Waals surface area contributed by atoms with Crippen LogP contribution in [0.15, 0.2) is 114 Å². The average Bonchev–Trinajstić information content (AvgIpc) is 3.85. The predicted octanol–water partition coefficient (Wildman–Crippen LogP) is 8.48. The minimum Gasteiger partial charge on any atom is -0.616 e. The Balaban J connectivity index is 0.000000241. The number of carbonyl (C=O) groups is 3. The molecule has 13 nitrogen and oxygen atoms in total. The van der Waals surface area contributed by atoms with Crippen molar-refractivity contribution in [3.63, 3.8) is 0 Å². The molecule has 1 N–H and O–H groups in total. The second kappa shape index (κ2) is 21.0. The number of amides is 2. The highest BCUT2D eigenvalue weighted by Gasteiger charge is 2.68. The zero-order valence-electron chi connectivity index (χ0n) is 37.7. The molecule has 4 aromatic rings. The average molecular weight is 925 g/mol. The van der Waals surface area contributed by atoms with E-state index in [0.29, 0.717) is 12.4 Å². The van der Waals surface area contributed by atoms with Crippen LogP contribution in [0.25, 0.3) is 0 Å². The Morgan fingerprint density at radius 1 is 0.877 bits per heavy atom. The summed E-state index contributed by atoms with van der Waals surface area (Å²) in [5.74, 6) is 0.897. The lowest BCUT2D eigenvalue weighted by molar-refractivity contribution is -0.188. The highest BCUT2D eigenvalue weighted by molar-refractivity contribution is 8.00. The van der Waals surface area contributed by atoms with E-state index in [1.807, 2.05) is 84.9 Å². The van der Waals surface area contributed by atoms with Gasteiger partial charge in [-0.15, -0.1) is 16.7 Å². The van der Waals surface area contributed by atoms with Gasteiger partial charge in [-0.25, -0.2) is 9.80 Å². The van der Waals surface area contributed by atoms with Gasteiger partial charge in [0.05, 0.1) is 5.29 Å². The number of esters is 1. The largest absolute Gasteiger partial charge is 0.616 e. The number of unbranched alkanes of at least 4 members (excludes halogenated alkanes) is 5. The third kappa shape index (κ3) is 10.3. The molecule has 0 aliphatic carbocycles. The van der Waals surface area contributed by atoms with Crippen LogP contribution >= 0.6 is 11.8 Å². The number of ether oxygens (including phenoxy) is 3. The molecule has 15 heteroatoms. The molecule has 8 rings (SSSR count). The van der Waals surface area contributed by atoms with E-state index in [0.717, 1.165) is 41.2 Å². The van der Waals surface area contributed by atoms with Crippen LogP contribution in [-0.4, -0.2) is 94.5 Å². The molecule has 346 valence electrons. The molecule has 2 amide bonds. The number of aliphatic hydroxyl groups is 1. The van der Waals surface area contributed by atoms with Gasteiger partial charge in [0, 0.05) is 12.2 Å². The summed E-state index contributed by atoms with van der Waals surface area (Å²) in [6.45, 7) is 9.47. The van der Waals surface area contributed by atoms with Gasteiger partial charge in [0.15, 0.2) is 29.7 Å². The van der Waals surface area contributed by atoms with Crippen molar-refractivity contribution in [2.45, 2.75) is 126 Å². The fraction of sp³-hybridized carbons (Fsp3) is 0.460. The van der Waals surface area contributed by atoms with Crippen LogP contribution in [0.4, 0.5) is 0 Å². The molecule has 0 saturated carbocycles. The Hall–Kier alpha value is -5.09. The quantitative estimate of drug-likeness (QED) is 0.0356. The summed E-state index contributed by atoms with van der Waals surface area (Å²) in [4.78, 5) is 56.6. The predicted molar refractivity (Wildman–Crippen MR) is 252 cm³/mol. The molecule has 65 heavy (non-hydrogen) atoms. The van der Waals surface area contributed by atoms with Gasteiger partial charge in [0.25, 0.3) is 5.91 Å². The molecule has 3 saturated heterocycles. The molecule has 3 fully saturated rings. The minimum absolute atomic E-state index is 0.124. The number of rotatable bonds is 17. The Kier molecular flexibility index (Phi) is 15.5. The molecular formula is C50H60N4O9S2. The highest BCUT2D eigenvalue weighted by Crippen LogP contribution is 2.50. The first-order valence-electron chi connectivity index (χ1n) is 22.5. The van der Waals surface area contributed by atoms with Gasteiger partial charge in [-0.3, -0.25) is 9.59 Å². The van der Waals surface area contributed by atoms with E-state index in [9.17, 15) is 28.9 Å². The first kappa shape index (κ1) is 47.9. The first-order chi connectivity index (χ1) is 31.3. The van der Waals surface area contributed by atoms with Crippen molar-refractivity contribution in [1.82, 2.24) is 14.8 Å². The van der Waals surface area contributed by atoms with Crippen molar-refractivity contribution in [2.75, 3.05) is 18.3 Å². The molecule has 6 unspecified atom stereocenters. The number of nitrogens with zero attached hydrogens (tertiary/aromatic N) is 4. The Morgan fingerprint density at radius 3 is 2.11 bits per heavy atom. The van der Waals surface area contributed by atoms with Crippen LogP contribution in [-0.2, 0) is 36.7 Å². The SMILES string of the molecule is CC1(O)CS[C@@H]2C(N3C(=O)C(c4ccccc4)N(N=O)C3(C)C)C(=O)N2C1C(=O)OC(c1ccccc1)c1ccccc1.CCCCCCCC[S+]([O-])C(C)Cc1ccc2c(c1)OCO2. The summed E-state index contributed by atoms with van der Waals surface area (Å²) in [6, 6.07) is 30.1. The van der Waals surface area contributed by atoms with E-state index in [1.165, 1.54) is 71.2 Å². The van der Waals surface area contributed by atoms with Crippen molar-refractivity contribution in [2.24, 2.45) is 5.29 Å². The lowest BCUT2D eigenvalue weighted by Crippen LogP contribution is -2.80. The fourth-order valence-corrected chi connectivity index (χ4v) is 11.9. The van der Waals surface area contributed by atoms with E-state index in [4.69, 9.17) is 14.2 Å². The third-order valence-electron chi connectivity index (χ3n) is 12.6. The van der Waals surface area contributed by atoms with Crippen molar-refractivity contribution in [3.05, 3.63) is 136 Å². The second-order valence-corrected chi connectivity index (χ2v) is 20.9. The van der Waals surface area contributed by atoms with Crippen LogP contribution in [0.3, 0.4) is 0 Å². The molecule has 4 heterocycles. The first-order valence-corrected chi connectivity index (χ1v) is 24.9. The summed E-state index contributed by atoms with van der Waals surface area (Å²) in [5.41, 5.74) is 0.425. The van der Waals surface area contributed by atoms with E-state index in [2.05, 4.69) is 19.1 Å². The maximum atomic E-state index is 14.0. The Morgan fingerprint density at radius 2 is 1.48 bits per heavy atom. The zero-order valence-corrected chi connectivity index (χ0v) is 39.4. The number of fused-ring (bicyclic) bond motifs is 2. The van der Waals surface area contributed by atoms with Gasteiger partial charge in [-0.1, -0.05) is 141 Å². The van der Waals surface area contributed by atoms with E-state index >= 15 is 0 Å². The number of β-lactam (4-membered cyclic amide) rings is 1. The van der Waals surface area contributed by atoms with E-state index in [1.54, 1.807) is 38.1 Å². The molecule has 0 aromatic heterocycles. The van der Waals surface area contributed by atoms with Crippen molar-refractivity contribution < 1.29 is 38.3 Å². The van der Waals surface area contributed by atoms with Gasteiger partial charge in [-0.2, -0.15) is 0 Å². The number of carbonyl (C=O) groups excluding carboxylic acids is 3. The molecule has 0 radical (unpaired) electrons. The van der Waals surface area contributed by atoms with Crippen molar-refractivity contribution >= 4 is 40.7 Å². The van der Waals surface area contributed by atoms with E-state index < -0.39 is 69.8 Å². The third-order valence-corrected chi connectivity index (χ3v) is 15.9. The highest BCUT2D eigenvalue weighted by atomic mass is 32.2. The zero-order chi connectivity index (χ0) is 46.3. The summed E-state index contributed by atoms with van der Waals surface area (Å²) >= 11 is 0.543. The normalized spacial score (nSPS) is 23.8. The second-order valence-electron chi connectivity index (χ2n) is 17.8. The van der Waals surface area contributed by atoms with Gasteiger partial charge in [0.2, 0.25) is 12.7 Å². The van der Waals surface area contributed by atoms with E-state index in [-0.39, 0.29) is 11.0 Å². The maximum Gasteiger partial charge on any atom is 0.332 e.